The average molecular weight is 269 g/mol. The van der Waals surface area contributed by atoms with E-state index in [0.717, 1.165) is 11.4 Å². The number of hydrogen-bond acceptors (Lipinski definition) is 3. The highest BCUT2D eigenvalue weighted by Crippen LogP contribution is 2.13. The molecule has 0 radical (unpaired) electrons. The monoisotopic (exact) mass is 269 g/mol. The van der Waals surface area contributed by atoms with Gasteiger partial charge in [0.05, 0.1) is 18.8 Å². The Morgan fingerprint density at radius 3 is 2.70 bits per heavy atom. The van der Waals surface area contributed by atoms with E-state index in [-0.39, 0.29) is 12.5 Å². The Balaban J connectivity index is 1.79. The van der Waals surface area contributed by atoms with Crippen molar-refractivity contribution in [3.8, 4) is 0 Å². The lowest BCUT2D eigenvalue weighted by Gasteiger charge is -2.09. The van der Waals surface area contributed by atoms with Crippen LogP contribution in [0, 0.1) is 13.8 Å². The number of carbonyl (C=O) groups excluding carboxylic acids is 1. The maximum atomic E-state index is 11.7. The van der Waals surface area contributed by atoms with Crippen molar-refractivity contribution in [2.75, 3.05) is 11.9 Å². The molecule has 1 aromatic heterocycles. The van der Waals surface area contributed by atoms with Crippen LogP contribution >= 0.6 is 0 Å². The lowest BCUT2D eigenvalue weighted by Crippen LogP contribution is -2.29. The van der Waals surface area contributed by atoms with E-state index in [1.165, 1.54) is 11.1 Å². The second kappa shape index (κ2) is 6.70. The van der Waals surface area contributed by atoms with Crippen molar-refractivity contribution in [3.05, 3.63) is 59.4 Å². The summed E-state index contributed by atoms with van der Waals surface area (Å²) >= 11 is 0. The van der Waals surface area contributed by atoms with Gasteiger partial charge in [-0.25, -0.2) is 0 Å². The molecule has 4 heteroatoms. The van der Waals surface area contributed by atoms with Crippen LogP contribution in [0.3, 0.4) is 0 Å². The molecule has 0 saturated heterocycles. The molecule has 104 valence electrons. The molecule has 4 nitrogen and oxygen atoms in total. The molecule has 1 amide bonds. The van der Waals surface area contributed by atoms with Gasteiger partial charge in [-0.2, -0.15) is 0 Å². The number of hydrogen-bond donors (Lipinski definition) is 2. The molecule has 0 aliphatic heterocycles. The zero-order valence-electron chi connectivity index (χ0n) is 11.8. The largest absolute Gasteiger partial charge is 0.376 e. The first kappa shape index (κ1) is 14.1. The summed E-state index contributed by atoms with van der Waals surface area (Å²) in [4.78, 5) is 15.9. The van der Waals surface area contributed by atoms with Crippen LogP contribution in [-0.2, 0) is 11.3 Å². The minimum Gasteiger partial charge on any atom is -0.376 e. The molecule has 0 aliphatic rings. The van der Waals surface area contributed by atoms with Crippen LogP contribution in [-0.4, -0.2) is 17.4 Å². The van der Waals surface area contributed by atoms with Gasteiger partial charge in [-0.05, 0) is 49.2 Å². The van der Waals surface area contributed by atoms with E-state index in [1.54, 1.807) is 6.20 Å². The quantitative estimate of drug-likeness (QED) is 0.876. The second-order valence-electron chi connectivity index (χ2n) is 4.75. The number of anilines is 1. The third-order valence-corrected chi connectivity index (χ3v) is 3.15. The van der Waals surface area contributed by atoms with E-state index in [1.807, 2.05) is 36.4 Å². The number of amides is 1. The predicted molar refractivity (Wildman–Crippen MR) is 80.5 cm³/mol. The third-order valence-electron chi connectivity index (χ3n) is 3.15. The summed E-state index contributed by atoms with van der Waals surface area (Å²) < 4.78 is 0. The minimum atomic E-state index is -0.0473. The van der Waals surface area contributed by atoms with Crippen molar-refractivity contribution in [1.29, 1.82) is 0 Å². The summed E-state index contributed by atoms with van der Waals surface area (Å²) in [6, 6.07) is 11.7. The second-order valence-corrected chi connectivity index (χ2v) is 4.75. The fraction of sp³-hybridized carbons (Fsp3) is 0.250. The van der Waals surface area contributed by atoms with Crippen molar-refractivity contribution in [2.45, 2.75) is 20.4 Å². The molecular weight excluding hydrogens is 250 g/mol. The molecule has 0 unspecified atom stereocenters. The fourth-order valence-corrected chi connectivity index (χ4v) is 1.79. The molecule has 1 heterocycles. The van der Waals surface area contributed by atoms with Crippen molar-refractivity contribution >= 4 is 11.6 Å². The first-order chi connectivity index (χ1) is 9.65. The van der Waals surface area contributed by atoms with Crippen molar-refractivity contribution < 1.29 is 4.79 Å². The minimum absolute atomic E-state index is 0.0473. The van der Waals surface area contributed by atoms with Crippen LogP contribution in [0.15, 0.2) is 42.6 Å². The van der Waals surface area contributed by atoms with Crippen molar-refractivity contribution in [3.63, 3.8) is 0 Å². The van der Waals surface area contributed by atoms with Gasteiger partial charge in [-0.1, -0.05) is 12.1 Å². The predicted octanol–water partition coefficient (Wildman–Crippen LogP) is 2.43. The van der Waals surface area contributed by atoms with Crippen LogP contribution in [0.25, 0.3) is 0 Å². The average Bonchev–Trinajstić information content (AvgIpc) is 2.47. The Morgan fingerprint density at radius 2 is 2.00 bits per heavy atom. The molecule has 0 bridgehead atoms. The molecule has 0 aliphatic carbocycles. The van der Waals surface area contributed by atoms with Crippen LogP contribution in [0.1, 0.15) is 16.8 Å². The van der Waals surface area contributed by atoms with Crippen LogP contribution in [0.2, 0.25) is 0 Å². The molecule has 20 heavy (non-hydrogen) atoms. The number of carbonyl (C=O) groups is 1. The summed E-state index contributed by atoms with van der Waals surface area (Å²) in [5.41, 5.74) is 4.27. The Morgan fingerprint density at radius 1 is 1.15 bits per heavy atom. The summed E-state index contributed by atoms with van der Waals surface area (Å²) in [7, 11) is 0. The zero-order valence-corrected chi connectivity index (χ0v) is 11.8. The Hall–Kier alpha value is -2.36. The van der Waals surface area contributed by atoms with Gasteiger partial charge in [0.25, 0.3) is 0 Å². The topological polar surface area (TPSA) is 54.0 Å². The molecule has 2 aromatic rings. The van der Waals surface area contributed by atoms with Gasteiger partial charge in [-0.15, -0.1) is 0 Å². The van der Waals surface area contributed by atoms with E-state index in [0.29, 0.717) is 6.54 Å². The number of nitrogens with zero attached hydrogens (tertiary/aromatic N) is 1. The molecule has 0 spiro atoms. The van der Waals surface area contributed by atoms with Crippen LogP contribution in [0.5, 0.6) is 0 Å². The van der Waals surface area contributed by atoms with E-state index >= 15 is 0 Å². The van der Waals surface area contributed by atoms with Crippen LogP contribution in [0.4, 0.5) is 5.69 Å². The molecule has 2 N–H and O–H groups in total. The number of nitrogens with one attached hydrogen (secondary N) is 2. The van der Waals surface area contributed by atoms with Gasteiger partial charge in [0.15, 0.2) is 0 Å². The normalized spacial score (nSPS) is 10.1. The number of benzene rings is 1. The molecule has 0 fully saturated rings. The number of aryl methyl sites for hydroxylation is 2. The summed E-state index contributed by atoms with van der Waals surface area (Å²) in [6.45, 7) is 4.84. The lowest BCUT2D eigenvalue weighted by atomic mass is 10.1. The number of pyridine rings is 1. The highest BCUT2D eigenvalue weighted by atomic mass is 16.1. The van der Waals surface area contributed by atoms with Gasteiger partial charge in [0, 0.05) is 11.9 Å². The highest BCUT2D eigenvalue weighted by molar-refractivity contribution is 5.80. The smallest absolute Gasteiger partial charge is 0.239 e. The Kier molecular flexibility index (Phi) is 4.71. The van der Waals surface area contributed by atoms with E-state index < -0.39 is 0 Å². The maximum absolute atomic E-state index is 11.7. The summed E-state index contributed by atoms with van der Waals surface area (Å²) in [5, 5.41) is 5.95. The van der Waals surface area contributed by atoms with Gasteiger partial charge < -0.3 is 10.6 Å². The lowest BCUT2D eigenvalue weighted by molar-refractivity contribution is -0.119. The number of rotatable bonds is 5. The SMILES string of the molecule is Cc1ccc(NCC(=O)NCc2ccccn2)cc1C. The zero-order chi connectivity index (χ0) is 14.4. The van der Waals surface area contributed by atoms with E-state index in [2.05, 4.69) is 29.5 Å². The maximum Gasteiger partial charge on any atom is 0.239 e. The van der Waals surface area contributed by atoms with Gasteiger partial charge in [0.2, 0.25) is 5.91 Å². The first-order valence-electron chi connectivity index (χ1n) is 6.63. The number of aromatic nitrogens is 1. The fourth-order valence-electron chi connectivity index (χ4n) is 1.79. The van der Waals surface area contributed by atoms with Crippen LogP contribution < -0.4 is 10.6 Å². The van der Waals surface area contributed by atoms with Gasteiger partial charge in [-0.3, -0.25) is 9.78 Å². The molecule has 0 atom stereocenters. The Bertz CT molecular complexity index is 582. The van der Waals surface area contributed by atoms with Crippen molar-refractivity contribution in [1.82, 2.24) is 10.3 Å². The molecule has 2 rings (SSSR count). The molecular formula is C16H19N3O. The Labute approximate surface area is 119 Å². The third kappa shape index (κ3) is 4.09. The summed E-state index contributed by atoms with van der Waals surface area (Å²) in [5.74, 6) is -0.0473. The highest BCUT2D eigenvalue weighted by Gasteiger charge is 2.02. The molecule has 1 aromatic carbocycles. The van der Waals surface area contributed by atoms with Gasteiger partial charge in [0.1, 0.15) is 0 Å². The van der Waals surface area contributed by atoms with E-state index in [4.69, 9.17) is 0 Å². The molecule has 0 saturated carbocycles. The van der Waals surface area contributed by atoms with Crippen molar-refractivity contribution in [2.24, 2.45) is 0 Å². The van der Waals surface area contributed by atoms with E-state index in [9.17, 15) is 4.79 Å². The van der Waals surface area contributed by atoms with Gasteiger partial charge >= 0.3 is 0 Å². The standard InChI is InChI=1S/C16H19N3O/c1-12-6-7-14(9-13(12)2)18-11-16(20)19-10-15-5-3-4-8-17-15/h3-9,18H,10-11H2,1-2H3,(H,19,20). The first-order valence-corrected chi connectivity index (χ1v) is 6.63. The summed E-state index contributed by atoms with van der Waals surface area (Å²) in [6.07, 6.45) is 1.72.